The molecule has 0 aliphatic carbocycles. The van der Waals surface area contributed by atoms with Crippen molar-refractivity contribution in [1.29, 1.82) is 0 Å². The maximum atomic E-state index is 13.0. The molecule has 0 saturated heterocycles. The lowest BCUT2D eigenvalue weighted by Crippen LogP contribution is -2.36. The Bertz CT molecular complexity index is 1240. The van der Waals surface area contributed by atoms with Crippen LogP contribution in [-0.2, 0) is 13.0 Å². The number of benzene rings is 1. The molecular weight excluding hydrogens is 354 g/mol. The van der Waals surface area contributed by atoms with Crippen LogP contribution in [0, 0.1) is 5.41 Å². The van der Waals surface area contributed by atoms with Gasteiger partial charge in [0.1, 0.15) is 11.5 Å². The van der Waals surface area contributed by atoms with Gasteiger partial charge in [0, 0.05) is 24.7 Å². The minimum atomic E-state index is 0.0130. The highest BCUT2D eigenvalue weighted by molar-refractivity contribution is 5.82. The first-order chi connectivity index (χ1) is 13.5. The highest BCUT2D eigenvalue weighted by Gasteiger charge is 2.27. The lowest BCUT2D eigenvalue weighted by atomic mass is 9.85. The largest absolute Gasteiger partial charge is 0.415 e. The molecule has 1 aliphatic heterocycles. The van der Waals surface area contributed by atoms with Crippen molar-refractivity contribution in [2.24, 2.45) is 5.41 Å². The van der Waals surface area contributed by atoms with Crippen LogP contribution in [0.5, 0.6) is 0 Å². The molecule has 4 aromatic rings. The third-order valence-corrected chi connectivity index (χ3v) is 5.20. The average Bonchev–Trinajstić information content (AvgIpc) is 3.19. The van der Waals surface area contributed by atoms with Crippen molar-refractivity contribution in [3.05, 3.63) is 58.8 Å². The van der Waals surface area contributed by atoms with E-state index in [2.05, 4.69) is 29.0 Å². The Morgan fingerprint density at radius 1 is 1.11 bits per heavy atom. The Morgan fingerprint density at radius 3 is 2.79 bits per heavy atom. The van der Waals surface area contributed by atoms with E-state index < -0.39 is 0 Å². The van der Waals surface area contributed by atoms with Crippen LogP contribution in [0.15, 0.2) is 51.8 Å². The first-order valence-electron chi connectivity index (χ1n) is 9.29. The summed E-state index contributed by atoms with van der Waals surface area (Å²) in [5.41, 5.74) is 2.13. The molecule has 4 heterocycles. The highest BCUT2D eigenvalue weighted by Crippen LogP contribution is 2.30. The molecule has 1 aliphatic rings. The van der Waals surface area contributed by atoms with Crippen LogP contribution in [0.4, 0.5) is 0 Å². The van der Waals surface area contributed by atoms with Gasteiger partial charge in [-0.05, 0) is 42.2 Å². The van der Waals surface area contributed by atoms with Crippen LogP contribution in [0.25, 0.3) is 33.9 Å². The first kappa shape index (κ1) is 16.8. The van der Waals surface area contributed by atoms with Gasteiger partial charge in [-0.2, -0.15) is 0 Å². The van der Waals surface area contributed by atoms with Gasteiger partial charge in [-0.1, -0.05) is 19.9 Å². The second-order valence-corrected chi connectivity index (χ2v) is 7.94. The topological polar surface area (TPSA) is 86.7 Å². The number of aromatic nitrogens is 5. The molecule has 0 N–H and O–H groups in total. The Labute approximate surface area is 161 Å². The predicted molar refractivity (Wildman–Crippen MR) is 105 cm³/mol. The molecule has 140 valence electrons. The standard InChI is InChI=1S/C21H19N5O2/c1-21(2)9-8-17-23-16-11-13(6-7-14(16)20(27)26(17)12-21)18-24-25-19(28-18)15-5-3-4-10-22-15/h3-7,10-11H,8-9,12H2,1-2H3. The van der Waals surface area contributed by atoms with Crippen molar-refractivity contribution in [3.8, 4) is 23.0 Å². The van der Waals surface area contributed by atoms with E-state index >= 15 is 0 Å². The fourth-order valence-corrected chi connectivity index (χ4v) is 3.64. The maximum Gasteiger partial charge on any atom is 0.266 e. The van der Waals surface area contributed by atoms with Gasteiger partial charge in [0.2, 0.25) is 5.89 Å². The third-order valence-electron chi connectivity index (χ3n) is 5.20. The van der Waals surface area contributed by atoms with Gasteiger partial charge in [0.25, 0.3) is 11.4 Å². The molecule has 1 aromatic carbocycles. The second kappa shape index (κ2) is 6.09. The van der Waals surface area contributed by atoms with Gasteiger partial charge in [-0.15, -0.1) is 10.2 Å². The van der Waals surface area contributed by atoms with Crippen molar-refractivity contribution >= 4 is 10.9 Å². The Hall–Kier alpha value is -3.35. The van der Waals surface area contributed by atoms with E-state index in [4.69, 9.17) is 9.40 Å². The van der Waals surface area contributed by atoms with Gasteiger partial charge in [0.05, 0.1) is 10.9 Å². The molecule has 0 spiro atoms. The molecule has 5 rings (SSSR count). The number of nitrogens with zero attached hydrogens (tertiary/aromatic N) is 5. The lowest BCUT2D eigenvalue weighted by molar-refractivity contribution is 0.240. The second-order valence-electron chi connectivity index (χ2n) is 7.94. The molecule has 0 saturated carbocycles. The van der Waals surface area contributed by atoms with Crippen LogP contribution >= 0.6 is 0 Å². The normalized spacial score (nSPS) is 15.5. The van der Waals surface area contributed by atoms with Crippen molar-refractivity contribution in [2.75, 3.05) is 0 Å². The summed E-state index contributed by atoms with van der Waals surface area (Å²) in [6, 6.07) is 11.0. The van der Waals surface area contributed by atoms with Gasteiger partial charge in [-0.3, -0.25) is 14.3 Å². The number of fused-ring (bicyclic) bond motifs is 2. The fraction of sp³-hybridized carbons (Fsp3) is 0.286. The number of aryl methyl sites for hydroxylation is 1. The first-order valence-corrected chi connectivity index (χ1v) is 9.29. The minimum absolute atomic E-state index is 0.0130. The van der Waals surface area contributed by atoms with Crippen molar-refractivity contribution in [2.45, 2.75) is 33.2 Å². The van der Waals surface area contributed by atoms with Crippen LogP contribution in [0.2, 0.25) is 0 Å². The zero-order chi connectivity index (χ0) is 19.3. The van der Waals surface area contributed by atoms with Gasteiger partial charge >= 0.3 is 0 Å². The average molecular weight is 373 g/mol. The highest BCUT2D eigenvalue weighted by atomic mass is 16.4. The molecule has 3 aromatic heterocycles. The molecule has 7 heteroatoms. The van der Waals surface area contributed by atoms with E-state index in [0.29, 0.717) is 34.9 Å². The van der Waals surface area contributed by atoms with E-state index in [9.17, 15) is 4.79 Å². The molecule has 0 fully saturated rings. The number of hydrogen-bond acceptors (Lipinski definition) is 6. The van der Waals surface area contributed by atoms with Crippen LogP contribution in [0.3, 0.4) is 0 Å². The lowest BCUT2D eigenvalue weighted by Gasteiger charge is -2.31. The monoisotopic (exact) mass is 373 g/mol. The number of rotatable bonds is 2. The Kier molecular flexibility index (Phi) is 3.65. The number of hydrogen-bond donors (Lipinski definition) is 0. The molecule has 7 nitrogen and oxygen atoms in total. The van der Waals surface area contributed by atoms with Gasteiger partial charge in [-0.25, -0.2) is 4.98 Å². The van der Waals surface area contributed by atoms with E-state index in [1.165, 1.54) is 0 Å². The summed E-state index contributed by atoms with van der Waals surface area (Å²) in [7, 11) is 0. The smallest absolute Gasteiger partial charge is 0.266 e. The van der Waals surface area contributed by atoms with Crippen molar-refractivity contribution in [1.82, 2.24) is 24.7 Å². The molecular formula is C21H19N5O2. The minimum Gasteiger partial charge on any atom is -0.415 e. The zero-order valence-electron chi connectivity index (χ0n) is 15.7. The summed E-state index contributed by atoms with van der Waals surface area (Å²) in [6.07, 6.45) is 3.49. The molecule has 0 radical (unpaired) electrons. The molecule has 0 unspecified atom stereocenters. The van der Waals surface area contributed by atoms with Crippen LogP contribution in [0.1, 0.15) is 26.1 Å². The molecule has 0 atom stereocenters. The Balaban J connectivity index is 1.58. The molecule has 0 amide bonds. The molecule has 0 bridgehead atoms. The van der Waals surface area contributed by atoms with E-state index in [-0.39, 0.29) is 11.0 Å². The Morgan fingerprint density at radius 2 is 1.96 bits per heavy atom. The summed E-state index contributed by atoms with van der Waals surface area (Å²) in [4.78, 5) is 21.9. The SMILES string of the molecule is CC1(C)CCc2nc3cc(-c4nnc(-c5ccccn5)o4)ccc3c(=O)n2C1. The summed E-state index contributed by atoms with van der Waals surface area (Å²) < 4.78 is 7.60. The number of pyridine rings is 1. The van der Waals surface area contributed by atoms with E-state index in [1.54, 1.807) is 12.3 Å². The van der Waals surface area contributed by atoms with Crippen molar-refractivity contribution < 1.29 is 4.42 Å². The predicted octanol–water partition coefficient (Wildman–Crippen LogP) is 3.48. The van der Waals surface area contributed by atoms with Gasteiger partial charge < -0.3 is 4.42 Å². The summed E-state index contributed by atoms with van der Waals surface area (Å²) in [6.45, 7) is 5.07. The fourth-order valence-electron chi connectivity index (χ4n) is 3.64. The third kappa shape index (κ3) is 2.79. The summed E-state index contributed by atoms with van der Waals surface area (Å²) >= 11 is 0. The van der Waals surface area contributed by atoms with E-state index in [0.717, 1.165) is 24.2 Å². The van der Waals surface area contributed by atoms with Crippen LogP contribution < -0.4 is 5.56 Å². The van der Waals surface area contributed by atoms with E-state index in [1.807, 2.05) is 34.9 Å². The summed E-state index contributed by atoms with van der Waals surface area (Å²) in [5.74, 6) is 1.58. The zero-order valence-corrected chi connectivity index (χ0v) is 15.7. The maximum absolute atomic E-state index is 13.0. The molecule has 28 heavy (non-hydrogen) atoms. The van der Waals surface area contributed by atoms with Crippen LogP contribution in [-0.4, -0.2) is 24.7 Å². The quantitative estimate of drug-likeness (QED) is 0.535. The summed E-state index contributed by atoms with van der Waals surface area (Å²) in [5, 5.41) is 8.82. The van der Waals surface area contributed by atoms with Gasteiger partial charge in [0.15, 0.2) is 0 Å². The van der Waals surface area contributed by atoms with Crippen molar-refractivity contribution in [3.63, 3.8) is 0 Å².